The molecule has 0 aliphatic heterocycles. The number of hydrogen-bond donors (Lipinski definition) is 0. The van der Waals surface area contributed by atoms with E-state index < -0.39 is 0 Å². The predicted octanol–water partition coefficient (Wildman–Crippen LogP) is 10.6. The van der Waals surface area contributed by atoms with Gasteiger partial charge in [0, 0.05) is 21.5 Å². The van der Waals surface area contributed by atoms with Crippen LogP contribution in [-0.2, 0) is 12.8 Å². The molecule has 0 bridgehead atoms. The van der Waals surface area contributed by atoms with Crippen molar-refractivity contribution in [2.75, 3.05) is 0 Å². The lowest BCUT2D eigenvalue weighted by molar-refractivity contribution is 0.869. The molecule has 1 aliphatic carbocycles. The van der Waals surface area contributed by atoms with Crippen molar-refractivity contribution in [2.45, 2.75) is 32.6 Å². The number of aromatic nitrogens is 1. The molecule has 0 fully saturated rings. The number of fused-ring (bicyclic) bond motifs is 12. The smallest absolute Gasteiger partial charge is 0.187 e. The highest BCUT2D eigenvalue weighted by Crippen LogP contribution is 2.48. The van der Waals surface area contributed by atoms with Crippen molar-refractivity contribution >= 4 is 65.3 Å². The molecule has 0 saturated heterocycles. The summed E-state index contributed by atoms with van der Waals surface area (Å²) in [5, 5.41) is 10.5. The molecule has 2 heteroatoms. The van der Waals surface area contributed by atoms with E-state index >= 15 is 0 Å². The van der Waals surface area contributed by atoms with Crippen molar-refractivity contribution in [3.63, 3.8) is 0 Å². The quantitative estimate of drug-likeness (QED) is 0.194. The molecule has 0 unspecified atom stereocenters. The van der Waals surface area contributed by atoms with Crippen molar-refractivity contribution < 1.29 is 0 Å². The molecule has 8 aromatic rings. The molecule has 2 heterocycles. The summed E-state index contributed by atoms with van der Waals surface area (Å²) in [6, 6.07) is 34.0. The van der Waals surface area contributed by atoms with Crippen molar-refractivity contribution in [3.8, 4) is 11.1 Å². The molecule has 0 N–H and O–H groups in total. The number of aryl methyl sites for hydroxylation is 2. The topological polar surface area (TPSA) is 8.77 Å². The lowest BCUT2D eigenvalue weighted by atomic mass is 9.82. The molecule has 0 amide bonds. The summed E-state index contributed by atoms with van der Waals surface area (Å²) in [6.07, 6.45) is 1.96. The van der Waals surface area contributed by atoms with E-state index in [0.717, 1.165) is 18.5 Å². The monoisotopic (exact) mass is 510 g/mol. The van der Waals surface area contributed by atoms with Crippen molar-refractivity contribution in [3.05, 3.63) is 119 Å². The molecule has 2 nitrogen and oxygen atoms in total. The molecule has 0 saturated carbocycles. The normalized spacial score (nSPS) is 13.2. The average molecular weight is 511 g/mol. The van der Waals surface area contributed by atoms with Crippen LogP contribution in [0.15, 0.2) is 91.0 Å². The van der Waals surface area contributed by atoms with Gasteiger partial charge in [0.25, 0.3) is 0 Å². The van der Waals surface area contributed by atoms with Crippen LogP contribution in [0.1, 0.15) is 36.5 Å². The van der Waals surface area contributed by atoms with Gasteiger partial charge in [0.05, 0.1) is 23.1 Å². The predicted molar refractivity (Wildman–Crippen MR) is 169 cm³/mol. The maximum absolute atomic E-state index is 7.53. The van der Waals surface area contributed by atoms with E-state index in [9.17, 15) is 0 Å². The van der Waals surface area contributed by atoms with Gasteiger partial charge in [-0.2, -0.15) is 0 Å². The standard InChI is InChI=1S/C38H26N2/c1-21(2)22-8-9-25-19-36-34(17-27(25)14-22)37-30-12-10-26-15-28(39-3)11-13-29(26)31(30)20-33-32-16-23-6-4-5-7-24(23)18-35(32)40(36)38(33)37/h4-9,11,13-21H,10,12H2,1-2H3. The van der Waals surface area contributed by atoms with Crippen LogP contribution in [0.5, 0.6) is 0 Å². The van der Waals surface area contributed by atoms with E-state index in [1.807, 2.05) is 6.07 Å². The van der Waals surface area contributed by atoms with Gasteiger partial charge in [-0.3, -0.25) is 0 Å². The van der Waals surface area contributed by atoms with Gasteiger partial charge < -0.3 is 4.40 Å². The Balaban J connectivity index is 1.51. The first-order valence-corrected chi connectivity index (χ1v) is 14.2. The summed E-state index contributed by atoms with van der Waals surface area (Å²) in [5.41, 5.74) is 11.4. The molecule has 0 radical (unpaired) electrons. The van der Waals surface area contributed by atoms with Gasteiger partial charge in [0.15, 0.2) is 5.69 Å². The summed E-state index contributed by atoms with van der Waals surface area (Å²) < 4.78 is 2.54. The molecule has 0 spiro atoms. The minimum Gasteiger partial charge on any atom is -0.308 e. The van der Waals surface area contributed by atoms with Crippen molar-refractivity contribution in [1.82, 2.24) is 4.40 Å². The minimum atomic E-state index is 0.497. The Morgan fingerprint density at radius 1 is 0.675 bits per heavy atom. The van der Waals surface area contributed by atoms with Crippen LogP contribution in [0.3, 0.4) is 0 Å². The van der Waals surface area contributed by atoms with Gasteiger partial charge in [-0.1, -0.05) is 80.1 Å². The third-order valence-electron chi connectivity index (χ3n) is 9.33. The second-order valence-corrected chi connectivity index (χ2v) is 11.8. The first-order valence-electron chi connectivity index (χ1n) is 14.2. The van der Waals surface area contributed by atoms with E-state index in [4.69, 9.17) is 6.57 Å². The zero-order chi connectivity index (χ0) is 26.7. The van der Waals surface area contributed by atoms with E-state index in [1.54, 1.807) is 0 Å². The first kappa shape index (κ1) is 22.0. The van der Waals surface area contributed by atoms with Crippen LogP contribution >= 0.6 is 0 Å². The van der Waals surface area contributed by atoms with Gasteiger partial charge >= 0.3 is 0 Å². The molecule has 6 aromatic carbocycles. The van der Waals surface area contributed by atoms with Gasteiger partial charge in [0.2, 0.25) is 0 Å². The Bertz CT molecular complexity index is 2410. The van der Waals surface area contributed by atoms with Crippen LogP contribution in [-0.4, -0.2) is 4.40 Å². The third-order valence-corrected chi connectivity index (χ3v) is 9.33. The highest BCUT2D eigenvalue weighted by molar-refractivity contribution is 6.28. The highest BCUT2D eigenvalue weighted by Gasteiger charge is 2.26. The second-order valence-electron chi connectivity index (χ2n) is 11.8. The lowest BCUT2D eigenvalue weighted by Crippen LogP contribution is -2.04. The van der Waals surface area contributed by atoms with Crippen molar-refractivity contribution in [2.24, 2.45) is 0 Å². The molecule has 9 rings (SSSR count). The summed E-state index contributed by atoms with van der Waals surface area (Å²) >= 11 is 0. The number of rotatable bonds is 1. The van der Waals surface area contributed by atoms with Crippen LogP contribution in [0.4, 0.5) is 5.69 Å². The zero-order valence-corrected chi connectivity index (χ0v) is 22.5. The molecule has 2 aromatic heterocycles. The van der Waals surface area contributed by atoms with E-state index in [1.165, 1.54) is 87.5 Å². The Morgan fingerprint density at radius 2 is 1.43 bits per heavy atom. The zero-order valence-electron chi connectivity index (χ0n) is 22.5. The van der Waals surface area contributed by atoms with Crippen molar-refractivity contribution in [1.29, 1.82) is 0 Å². The van der Waals surface area contributed by atoms with Gasteiger partial charge in [-0.15, -0.1) is 0 Å². The maximum Gasteiger partial charge on any atom is 0.187 e. The number of hydrogen-bond acceptors (Lipinski definition) is 0. The van der Waals surface area contributed by atoms with Crippen LogP contribution < -0.4 is 0 Å². The van der Waals surface area contributed by atoms with Gasteiger partial charge in [0.1, 0.15) is 0 Å². The largest absolute Gasteiger partial charge is 0.308 e. The Hall–Kier alpha value is -4.87. The van der Waals surface area contributed by atoms with Gasteiger partial charge in [-0.05, 0) is 92.9 Å². The lowest BCUT2D eigenvalue weighted by Gasteiger charge is -2.22. The van der Waals surface area contributed by atoms with E-state index in [2.05, 4.69) is 108 Å². The van der Waals surface area contributed by atoms with E-state index in [0.29, 0.717) is 5.92 Å². The molecular weight excluding hydrogens is 484 g/mol. The SMILES string of the molecule is [C-]#[N+]c1ccc2c(c1)CCc1c-2cc2c3cc4ccccc4cc3n3c4cc5ccc(C(C)C)cc5cc4c1c23. The summed E-state index contributed by atoms with van der Waals surface area (Å²) in [4.78, 5) is 3.71. The van der Waals surface area contributed by atoms with Crippen LogP contribution in [0.2, 0.25) is 0 Å². The third kappa shape index (κ3) is 2.77. The Kier molecular flexibility index (Phi) is 4.19. The van der Waals surface area contributed by atoms with Crippen LogP contribution in [0, 0.1) is 6.57 Å². The fourth-order valence-corrected chi connectivity index (χ4v) is 7.37. The fraction of sp³-hybridized carbons (Fsp3) is 0.132. The average Bonchev–Trinajstić information content (AvgIpc) is 3.48. The Morgan fingerprint density at radius 3 is 2.23 bits per heavy atom. The van der Waals surface area contributed by atoms with Crippen LogP contribution in [0.25, 0.3) is 75.6 Å². The summed E-state index contributed by atoms with van der Waals surface area (Å²) in [7, 11) is 0. The molecule has 0 atom stereocenters. The number of benzene rings is 6. The van der Waals surface area contributed by atoms with Gasteiger partial charge in [-0.25, -0.2) is 4.85 Å². The molecule has 40 heavy (non-hydrogen) atoms. The summed E-state index contributed by atoms with van der Waals surface area (Å²) in [6.45, 7) is 12.1. The fourth-order valence-electron chi connectivity index (χ4n) is 7.37. The Labute approximate surface area is 232 Å². The molecule has 188 valence electrons. The first-order chi connectivity index (χ1) is 19.6. The molecular formula is C38H26N2. The van der Waals surface area contributed by atoms with E-state index in [-0.39, 0.29) is 0 Å². The highest BCUT2D eigenvalue weighted by atomic mass is 14.9. The summed E-state index contributed by atoms with van der Waals surface area (Å²) in [5.74, 6) is 0.497. The number of nitrogens with zero attached hydrogens (tertiary/aromatic N) is 2. The maximum atomic E-state index is 7.53. The minimum absolute atomic E-state index is 0.497. The molecule has 1 aliphatic rings. The second kappa shape index (κ2) is 7.62.